The van der Waals surface area contributed by atoms with Gasteiger partial charge in [-0.1, -0.05) is 36.4 Å². The number of fused-ring (bicyclic) bond motifs is 9. The van der Waals surface area contributed by atoms with E-state index in [0.717, 1.165) is 50.4 Å². The van der Waals surface area contributed by atoms with Crippen LogP contribution in [0.1, 0.15) is 0 Å². The number of hydrogen-bond acceptors (Lipinski definition) is 2. The molecule has 13 rings (SSSR count). The van der Waals surface area contributed by atoms with E-state index in [-0.39, 0.29) is 0 Å². The van der Waals surface area contributed by atoms with Gasteiger partial charge in [-0.15, -0.1) is 0 Å². The van der Waals surface area contributed by atoms with Crippen LogP contribution >= 0.6 is 0 Å². The minimum atomic E-state index is -3.71. The molecule has 1 aliphatic heterocycles. The van der Waals surface area contributed by atoms with Gasteiger partial charge in [-0.2, -0.15) is 0 Å². The molecule has 0 radical (unpaired) electrons. The summed E-state index contributed by atoms with van der Waals surface area (Å²) in [5, 5.41) is 4.89. The van der Waals surface area contributed by atoms with Gasteiger partial charge < -0.3 is 0 Å². The SMILES string of the molecule is c1ccc(-c2nc(-c3ccccc3-n3c4ccccc4c4cc5c6ccccc6n(-c6ccccc6)c5cc43)nc3[c]2[Ge]([c]2ccccc2)([c]2ccccc2)[c]2ccccc2-3)cc1. The number of para-hydroxylation sites is 4. The standard InChI is InChI=1S/C58H38GeN4/c1-5-21-39(22-6-1)56-55-57(45-31-13-17-33-49(45)59(55,40-23-7-2-8-24-40)41-25-9-3-10-26-41)61-58(60-56)46-32-16-20-36-52(46)63-51-35-19-15-30-44(51)48-37-47-43-29-14-18-34-50(43)62(53(47)38-54(48)63)42-27-11-4-12-28-42/h1-38H. The molecule has 294 valence electrons. The number of aromatic nitrogens is 4. The molecule has 0 unspecified atom stereocenters. The summed E-state index contributed by atoms with van der Waals surface area (Å²) in [5.41, 5.74) is 12.1. The van der Waals surface area contributed by atoms with Crippen molar-refractivity contribution < 1.29 is 0 Å². The van der Waals surface area contributed by atoms with Crippen LogP contribution in [0.5, 0.6) is 0 Å². The van der Waals surface area contributed by atoms with E-state index in [1.165, 1.54) is 50.2 Å². The van der Waals surface area contributed by atoms with Crippen LogP contribution in [-0.2, 0) is 0 Å². The number of benzene rings is 9. The van der Waals surface area contributed by atoms with Gasteiger partial charge in [0.15, 0.2) is 0 Å². The fraction of sp³-hybridized carbons (Fsp3) is 0. The Morgan fingerprint density at radius 3 is 1.51 bits per heavy atom. The molecule has 0 amide bonds. The average Bonchev–Trinajstić information content (AvgIpc) is 3.98. The molecule has 0 aliphatic carbocycles. The summed E-state index contributed by atoms with van der Waals surface area (Å²) in [7, 11) is 0. The van der Waals surface area contributed by atoms with Crippen molar-refractivity contribution in [3.05, 3.63) is 231 Å². The first-order chi connectivity index (χ1) is 31.3. The third-order valence-corrected chi connectivity index (χ3v) is 23.4. The van der Waals surface area contributed by atoms with Crippen molar-refractivity contribution >= 4 is 74.5 Å². The molecule has 3 aromatic heterocycles. The van der Waals surface area contributed by atoms with E-state index >= 15 is 0 Å². The van der Waals surface area contributed by atoms with Crippen molar-refractivity contribution in [2.45, 2.75) is 0 Å². The van der Waals surface area contributed by atoms with Gasteiger partial charge in [0.05, 0.1) is 0 Å². The summed E-state index contributed by atoms with van der Waals surface area (Å²) in [6, 6.07) is 84.0. The minimum absolute atomic E-state index is 0.711. The number of rotatable bonds is 6. The molecular formula is C58H38GeN4. The van der Waals surface area contributed by atoms with Gasteiger partial charge >= 0.3 is 315 Å². The Morgan fingerprint density at radius 1 is 0.349 bits per heavy atom. The average molecular weight is 864 g/mol. The fourth-order valence-corrected chi connectivity index (χ4v) is 21.6. The second-order valence-corrected chi connectivity index (χ2v) is 24.2. The topological polar surface area (TPSA) is 35.6 Å². The van der Waals surface area contributed by atoms with E-state index in [4.69, 9.17) is 9.97 Å². The molecule has 0 saturated heterocycles. The molecule has 0 saturated carbocycles. The molecule has 0 atom stereocenters. The Hall–Kier alpha value is -7.80. The first kappa shape index (κ1) is 35.9. The monoisotopic (exact) mass is 864 g/mol. The maximum atomic E-state index is 5.80. The summed E-state index contributed by atoms with van der Waals surface area (Å²) in [6.45, 7) is 0. The van der Waals surface area contributed by atoms with Crippen molar-refractivity contribution in [3.63, 3.8) is 0 Å². The van der Waals surface area contributed by atoms with Crippen molar-refractivity contribution in [1.29, 1.82) is 0 Å². The third-order valence-electron chi connectivity index (χ3n) is 13.2. The molecular weight excluding hydrogens is 825 g/mol. The van der Waals surface area contributed by atoms with Crippen LogP contribution in [0.3, 0.4) is 0 Å². The number of nitrogens with zero attached hydrogens (tertiary/aromatic N) is 4. The Morgan fingerprint density at radius 2 is 0.841 bits per heavy atom. The summed E-state index contributed by atoms with van der Waals surface area (Å²) in [6.07, 6.45) is 0. The van der Waals surface area contributed by atoms with Crippen LogP contribution in [0.15, 0.2) is 231 Å². The van der Waals surface area contributed by atoms with Crippen molar-refractivity contribution in [2.75, 3.05) is 0 Å². The molecule has 63 heavy (non-hydrogen) atoms. The van der Waals surface area contributed by atoms with Gasteiger partial charge in [-0.05, 0) is 18.2 Å². The van der Waals surface area contributed by atoms with E-state index < -0.39 is 13.3 Å². The quantitative estimate of drug-likeness (QED) is 0.156. The molecule has 0 spiro atoms. The van der Waals surface area contributed by atoms with Gasteiger partial charge in [-0.25, -0.2) is 0 Å². The van der Waals surface area contributed by atoms with Crippen LogP contribution in [0.4, 0.5) is 0 Å². The zero-order chi connectivity index (χ0) is 41.5. The molecule has 1 aliphatic rings. The molecule has 0 fully saturated rings. The zero-order valence-corrected chi connectivity index (χ0v) is 36.3. The van der Waals surface area contributed by atoms with Gasteiger partial charge in [0.25, 0.3) is 0 Å². The van der Waals surface area contributed by atoms with Crippen LogP contribution in [0.2, 0.25) is 0 Å². The van der Waals surface area contributed by atoms with Gasteiger partial charge in [-0.3, -0.25) is 0 Å². The predicted molar refractivity (Wildman–Crippen MR) is 264 cm³/mol. The second-order valence-electron chi connectivity index (χ2n) is 16.5. The number of hydrogen-bond donors (Lipinski definition) is 0. The maximum absolute atomic E-state index is 5.80. The summed E-state index contributed by atoms with van der Waals surface area (Å²) in [5.74, 6) is 0.711. The predicted octanol–water partition coefficient (Wildman–Crippen LogP) is 11.4. The third kappa shape index (κ3) is 5.22. The van der Waals surface area contributed by atoms with Crippen LogP contribution in [-0.4, -0.2) is 32.4 Å². The molecule has 12 aromatic rings. The Bertz CT molecular complexity index is 3690. The van der Waals surface area contributed by atoms with Gasteiger partial charge in [0.2, 0.25) is 0 Å². The van der Waals surface area contributed by atoms with Crippen molar-refractivity contribution in [1.82, 2.24) is 19.1 Å². The Labute approximate surface area is 367 Å². The first-order valence-electron chi connectivity index (χ1n) is 21.6. The first-order valence-corrected chi connectivity index (χ1v) is 25.8. The van der Waals surface area contributed by atoms with E-state index in [0.29, 0.717) is 5.82 Å². The molecule has 4 nitrogen and oxygen atoms in total. The van der Waals surface area contributed by atoms with Crippen molar-refractivity contribution in [2.24, 2.45) is 0 Å². The Balaban J connectivity index is 1.13. The Kier molecular flexibility index (Phi) is 8.05. The molecule has 4 heterocycles. The van der Waals surface area contributed by atoms with Gasteiger partial charge in [0, 0.05) is 0 Å². The fourth-order valence-electron chi connectivity index (χ4n) is 10.6. The summed E-state index contributed by atoms with van der Waals surface area (Å²) >= 11 is -3.71. The molecule has 0 bridgehead atoms. The van der Waals surface area contributed by atoms with E-state index in [9.17, 15) is 0 Å². The van der Waals surface area contributed by atoms with Gasteiger partial charge in [0.1, 0.15) is 0 Å². The molecule has 5 heteroatoms. The van der Waals surface area contributed by atoms with Crippen LogP contribution < -0.4 is 17.6 Å². The van der Waals surface area contributed by atoms with Crippen molar-refractivity contribution in [3.8, 4) is 45.3 Å². The van der Waals surface area contributed by atoms with Crippen LogP contribution in [0.25, 0.3) is 88.9 Å². The summed E-state index contributed by atoms with van der Waals surface area (Å²) < 4.78 is 10.3. The van der Waals surface area contributed by atoms with E-state index in [2.05, 4.69) is 240 Å². The van der Waals surface area contributed by atoms with E-state index in [1.807, 2.05) is 0 Å². The summed E-state index contributed by atoms with van der Waals surface area (Å²) in [4.78, 5) is 11.6. The molecule has 9 aromatic carbocycles. The zero-order valence-electron chi connectivity index (χ0n) is 34.2. The molecule has 0 N–H and O–H groups in total. The second kappa shape index (κ2) is 14.1. The van der Waals surface area contributed by atoms with E-state index in [1.54, 1.807) is 0 Å². The normalized spacial score (nSPS) is 12.9. The van der Waals surface area contributed by atoms with Crippen LogP contribution in [0, 0.1) is 0 Å².